The fraction of sp³-hybridized carbons (Fsp3) is 0.462. The number of amides is 1. The van der Waals surface area contributed by atoms with E-state index >= 15 is 0 Å². The Morgan fingerprint density at radius 3 is 3.00 bits per heavy atom. The van der Waals surface area contributed by atoms with Gasteiger partial charge in [-0.1, -0.05) is 0 Å². The SMILES string of the molecule is CCOc1cc(N2CCNCC2C(N)=O)ccc1[N+](=O)[O-]. The third kappa shape index (κ3) is 3.22. The lowest BCUT2D eigenvalue weighted by Crippen LogP contribution is -2.57. The summed E-state index contributed by atoms with van der Waals surface area (Å²) in [7, 11) is 0. The number of carbonyl (C=O) groups is 1. The van der Waals surface area contributed by atoms with Crippen molar-refractivity contribution in [2.45, 2.75) is 13.0 Å². The zero-order valence-electron chi connectivity index (χ0n) is 11.7. The third-order valence-corrected chi connectivity index (χ3v) is 3.34. The Morgan fingerprint density at radius 1 is 1.62 bits per heavy atom. The Hall–Kier alpha value is -2.35. The summed E-state index contributed by atoms with van der Waals surface area (Å²) in [6.07, 6.45) is 0. The maximum atomic E-state index is 11.5. The minimum absolute atomic E-state index is 0.0913. The molecule has 1 aromatic carbocycles. The number of nitro benzene ring substituents is 1. The number of nitrogens with zero attached hydrogens (tertiary/aromatic N) is 2. The van der Waals surface area contributed by atoms with E-state index in [0.29, 0.717) is 31.9 Å². The van der Waals surface area contributed by atoms with Crippen molar-refractivity contribution in [1.29, 1.82) is 0 Å². The summed E-state index contributed by atoms with van der Waals surface area (Å²) < 4.78 is 5.33. The van der Waals surface area contributed by atoms with Crippen molar-refractivity contribution < 1.29 is 14.5 Å². The third-order valence-electron chi connectivity index (χ3n) is 3.34. The summed E-state index contributed by atoms with van der Waals surface area (Å²) in [5, 5.41) is 14.1. The highest BCUT2D eigenvalue weighted by Crippen LogP contribution is 2.32. The van der Waals surface area contributed by atoms with Gasteiger partial charge in [0.1, 0.15) is 6.04 Å². The first-order valence-corrected chi connectivity index (χ1v) is 6.72. The smallest absolute Gasteiger partial charge is 0.311 e. The quantitative estimate of drug-likeness (QED) is 0.595. The lowest BCUT2D eigenvalue weighted by molar-refractivity contribution is -0.385. The van der Waals surface area contributed by atoms with Crippen molar-refractivity contribution in [2.24, 2.45) is 5.73 Å². The van der Waals surface area contributed by atoms with Crippen LogP contribution in [0.3, 0.4) is 0 Å². The standard InChI is InChI=1S/C13H18N4O4/c1-2-21-12-7-9(3-4-10(12)17(19)20)16-6-5-15-8-11(16)13(14)18/h3-4,7,11,15H,2,5-6,8H2,1H3,(H2,14,18). The van der Waals surface area contributed by atoms with E-state index in [1.54, 1.807) is 19.1 Å². The number of piperazine rings is 1. The Morgan fingerprint density at radius 2 is 2.38 bits per heavy atom. The Kier molecular flexibility index (Phi) is 4.59. The molecule has 114 valence electrons. The van der Waals surface area contributed by atoms with E-state index in [4.69, 9.17) is 10.5 Å². The van der Waals surface area contributed by atoms with Gasteiger partial charge < -0.3 is 20.7 Å². The van der Waals surface area contributed by atoms with Gasteiger partial charge in [0.05, 0.1) is 11.5 Å². The molecule has 1 fully saturated rings. The number of hydrogen-bond acceptors (Lipinski definition) is 6. The Bertz CT molecular complexity index is 549. The van der Waals surface area contributed by atoms with Crippen molar-refractivity contribution in [1.82, 2.24) is 5.32 Å². The van der Waals surface area contributed by atoms with E-state index in [1.165, 1.54) is 6.07 Å². The normalized spacial score (nSPS) is 18.3. The number of rotatable bonds is 5. The summed E-state index contributed by atoms with van der Waals surface area (Å²) in [5.74, 6) is -0.236. The average molecular weight is 294 g/mol. The van der Waals surface area contributed by atoms with Crippen LogP contribution >= 0.6 is 0 Å². The lowest BCUT2D eigenvalue weighted by atomic mass is 10.1. The van der Waals surface area contributed by atoms with E-state index in [9.17, 15) is 14.9 Å². The second kappa shape index (κ2) is 6.40. The maximum Gasteiger partial charge on any atom is 0.311 e. The number of nitro groups is 1. The van der Waals surface area contributed by atoms with E-state index in [2.05, 4.69) is 5.32 Å². The monoisotopic (exact) mass is 294 g/mol. The molecule has 1 heterocycles. The number of primary amides is 1. The molecule has 8 heteroatoms. The van der Waals surface area contributed by atoms with Crippen LogP contribution in [-0.4, -0.2) is 43.1 Å². The van der Waals surface area contributed by atoms with Gasteiger partial charge >= 0.3 is 5.69 Å². The zero-order valence-corrected chi connectivity index (χ0v) is 11.7. The van der Waals surface area contributed by atoms with Gasteiger partial charge in [-0.05, 0) is 13.0 Å². The second-order valence-electron chi connectivity index (χ2n) is 4.66. The summed E-state index contributed by atoms with van der Waals surface area (Å²) in [6.45, 7) is 3.84. The van der Waals surface area contributed by atoms with Gasteiger partial charge in [-0.3, -0.25) is 14.9 Å². The van der Waals surface area contributed by atoms with Crippen molar-refractivity contribution in [3.05, 3.63) is 28.3 Å². The zero-order chi connectivity index (χ0) is 15.4. The van der Waals surface area contributed by atoms with Gasteiger partial charge in [-0.15, -0.1) is 0 Å². The molecule has 8 nitrogen and oxygen atoms in total. The molecule has 1 aromatic rings. The fourth-order valence-electron chi connectivity index (χ4n) is 2.37. The minimum Gasteiger partial charge on any atom is -0.487 e. The van der Waals surface area contributed by atoms with Gasteiger partial charge in [-0.2, -0.15) is 0 Å². The van der Waals surface area contributed by atoms with Crippen molar-refractivity contribution in [3.8, 4) is 5.75 Å². The molecule has 0 aromatic heterocycles. The van der Waals surface area contributed by atoms with E-state index in [0.717, 1.165) is 0 Å². The second-order valence-corrected chi connectivity index (χ2v) is 4.66. The predicted molar refractivity (Wildman–Crippen MR) is 77.5 cm³/mol. The molecule has 1 amide bonds. The van der Waals surface area contributed by atoms with Crippen LogP contribution in [0.2, 0.25) is 0 Å². The van der Waals surface area contributed by atoms with Crippen LogP contribution in [-0.2, 0) is 4.79 Å². The topological polar surface area (TPSA) is 111 Å². The highest BCUT2D eigenvalue weighted by atomic mass is 16.6. The highest BCUT2D eigenvalue weighted by molar-refractivity contribution is 5.84. The minimum atomic E-state index is -0.488. The van der Waals surface area contributed by atoms with Crippen LogP contribution in [0, 0.1) is 10.1 Å². The first-order valence-electron chi connectivity index (χ1n) is 6.72. The molecule has 1 unspecified atom stereocenters. The summed E-state index contributed by atoms with van der Waals surface area (Å²) in [5.41, 5.74) is 6.01. The molecule has 1 saturated heterocycles. The lowest BCUT2D eigenvalue weighted by Gasteiger charge is -2.36. The molecular formula is C13H18N4O4. The molecule has 0 radical (unpaired) electrons. The Labute approximate surface area is 122 Å². The molecule has 0 spiro atoms. The number of ether oxygens (including phenoxy) is 1. The molecule has 0 bridgehead atoms. The number of anilines is 1. The summed E-state index contributed by atoms with van der Waals surface area (Å²) in [4.78, 5) is 23.9. The molecule has 1 aliphatic heterocycles. The molecular weight excluding hydrogens is 276 g/mol. The molecule has 3 N–H and O–H groups in total. The first-order chi connectivity index (χ1) is 10.0. The number of nitrogens with one attached hydrogen (secondary N) is 1. The van der Waals surface area contributed by atoms with E-state index in [1.807, 2.05) is 4.90 Å². The molecule has 1 atom stereocenters. The molecule has 1 aliphatic rings. The predicted octanol–water partition coefficient (Wildman–Crippen LogP) is 0.257. The maximum absolute atomic E-state index is 11.5. The van der Waals surface area contributed by atoms with Crippen LogP contribution in [0.1, 0.15) is 6.92 Å². The number of hydrogen-bond donors (Lipinski definition) is 2. The van der Waals surface area contributed by atoms with Crippen LogP contribution in [0.25, 0.3) is 0 Å². The van der Waals surface area contributed by atoms with Gasteiger partial charge in [-0.25, -0.2) is 0 Å². The largest absolute Gasteiger partial charge is 0.487 e. The number of carbonyl (C=O) groups excluding carboxylic acids is 1. The van der Waals surface area contributed by atoms with E-state index < -0.39 is 16.9 Å². The summed E-state index contributed by atoms with van der Waals surface area (Å²) >= 11 is 0. The molecule has 0 aliphatic carbocycles. The molecule has 0 saturated carbocycles. The van der Waals surface area contributed by atoms with E-state index in [-0.39, 0.29) is 11.4 Å². The number of nitrogens with two attached hydrogens (primary N) is 1. The Balaban J connectivity index is 2.36. The first kappa shape index (κ1) is 15.0. The van der Waals surface area contributed by atoms with Crippen LogP contribution in [0.4, 0.5) is 11.4 Å². The van der Waals surface area contributed by atoms with Gasteiger partial charge in [0, 0.05) is 37.5 Å². The average Bonchev–Trinajstić information content (AvgIpc) is 2.47. The van der Waals surface area contributed by atoms with Crippen LogP contribution in [0.5, 0.6) is 5.75 Å². The number of benzene rings is 1. The fourth-order valence-corrected chi connectivity index (χ4v) is 2.37. The van der Waals surface area contributed by atoms with Crippen LogP contribution < -0.4 is 20.7 Å². The highest BCUT2D eigenvalue weighted by Gasteiger charge is 2.28. The van der Waals surface area contributed by atoms with Crippen molar-refractivity contribution in [2.75, 3.05) is 31.1 Å². The van der Waals surface area contributed by atoms with Crippen molar-refractivity contribution in [3.63, 3.8) is 0 Å². The van der Waals surface area contributed by atoms with Gasteiger partial charge in [0.25, 0.3) is 0 Å². The van der Waals surface area contributed by atoms with Crippen molar-refractivity contribution >= 4 is 17.3 Å². The summed E-state index contributed by atoms with van der Waals surface area (Å²) in [6, 6.07) is 4.11. The molecule has 2 rings (SSSR count). The molecule has 21 heavy (non-hydrogen) atoms. The van der Waals surface area contributed by atoms with Crippen LogP contribution in [0.15, 0.2) is 18.2 Å². The van der Waals surface area contributed by atoms with Gasteiger partial charge in [0.2, 0.25) is 5.91 Å². The van der Waals surface area contributed by atoms with Gasteiger partial charge in [0.15, 0.2) is 5.75 Å².